The Balaban J connectivity index is 1.36. The van der Waals surface area contributed by atoms with Gasteiger partial charge in [0, 0.05) is 51.0 Å². The number of piperazine rings is 1. The van der Waals surface area contributed by atoms with Gasteiger partial charge in [-0.05, 0) is 45.2 Å². The molecule has 0 aliphatic carbocycles. The summed E-state index contributed by atoms with van der Waals surface area (Å²) in [5, 5.41) is 0. The van der Waals surface area contributed by atoms with Gasteiger partial charge in [0.2, 0.25) is 5.95 Å². The van der Waals surface area contributed by atoms with Crippen molar-refractivity contribution in [1.29, 1.82) is 0 Å². The molecule has 1 atom stereocenters. The van der Waals surface area contributed by atoms with E-state index in [1.165, 1.54) is 19.3 Å². The number of anilines is 2. The second kappa shape index (κ2) is 9.32. The zero-order chi connectivity index (χ0) is 20.9. The highest BCUT2D eigenvalue weighted by Gasteiger charge is 2.27. The Labute approximate surface area is 178 Å². The molecular weight excluding hydrogens is 378 g/mol. The predicted molar refractivity (Wildman–Crippen MR) is 118 cm³/mol. The highest BCUT2D eigenvalue weighted by Crippen LogP contribution is 2.22. The largest absolute Gasteiger partial charge is 0.481 e. The first-order valence-electron chi connectivity index (χ1n) is 11.0. The van der Waals surface area contributed by atoms with E-state index in [1.807, 2.05) is 49.1 Å². The molecule has 160 valence electrons. The van der Waals surface area contributed by atoms with Crippen LogP contribution < -0.4 is 14.5 Å². The Morgan fingerprint density at radius 3 is 2.33 bits per heavy atom. The van der Waals surface area contributed by atoms with E-state index in [-0.39, 0.29) is 5.91 Å². The second-order valence-electron chi connectivity index (χ2n) is 8.10. The van der Waals surface area contributed by atoms with Crippen molar-refractivity contribution in [2.24, 2.45) is 0 Å². The zero-order valence-electron chi connectivity index (χ0n) is 18.0. The summed E-state index contributed by atoms with van der Waals surface area (Å²) in [6.45, 7) is 8.74. The SMILES string of the molecule is Cc1cc(N2CCCCC2)nc(N2CCN(C(=O)[C@@H](C)Oc3ccccc3)CC2)n1. The van der Waals surface area contributed by atoms with Crippen molar-refractivity contribution in [1.82, 2.24) is 14.9 Å². The molecule has 7 heteroatoms. The van der Waals surface area contributed by atoms with Gasteiger partial charge < -0.3 is 19.4 Å². The van der Waals surface area contributed by atoms with Gasteiger partial charge in [-0.1, -0.05) is 18.2 Å². The minimum Gasteiger partial charge on any atom is -0.481 e. The Morgan fingerprint density at radius 2 is 1.63 bits per heavy atom. The fourth-order valence-electron chi connectivity index (χ4n) is 4.10. The average molecular weight is 410 g/mol. The number of aromatic nitrogens is 2. The molecule has 0 unspecified atom stereocenters. The van der Waals surface area contributed by atoms with Gasteiger partial charge in [-0.3, -0.25) is 4.79 Å². The van der Waals surface area contributed by atoms with Crippen LogP contribution in [0.5, 0.6) is 5.75 Å². The molecule has 2 aliphatic heterocycles. The van der Waals surface area contributed by atoms with Crippen molar-refractivity contribution >= 4 is 17.7 Å². The van der Waals surface area contributed by atoms with Gasteiger partial charge in [-0.15, -0.1) is 0 Å². The van der Waals surface area contributed by atoms with E-state index in [9.17, 15) is 4.79 Å². The standard InChI is InChI=1S/C23H31N5O2/c1-18-17-21(26-11-7-4-8-12-26)25-23(24-18)28-15-13-27(14-16-28)22(29)19(2)30-20-9-5-3-6-10-20/h3,5-6,9-10,17,19H,4,7-8,11-16H2,1-2H3/t19-/m1/s1. The van der Waals surface area contributed by atoms with Gasteiger partial charge >= 0.3 is 0 Å². The fourth-order valence-corrected chi connectivity index (χ4v) is 4.10. The number of aryl methyl sites for hydroxylation is 1. The Kier molecular flexibility index (Phi) is 6.35. The Morgan fingerprint density at radius 1 is 0.933 bits per heavy atom. The molecule has 1 aromatic carbocycles. The molecule has 0 bridgehead atoms. The Hall–Kier alpha value is -2.83. The van der Waals surface area contributed by atoms with Crippen LogP contribution in [0.2, 0.25) is 0 Å². The van der Waals surface area contributed by atoms with E-state index in [1.54, 1.807) is 0 Å². The topological polar surface area (TPSA) is 61.8 Å². The normalized spacial score (nSPS) is 18.3. The van der Waals surface area contributed by atoms with Crippen LogP contribution in [0.15, 0.2) is 36.4 Å². The molecule has 30 heavy (non-hydrogen) atoms. The lowest BCUT2D eigenvalue weighted by Gasteiger charge is -2.36. The molecule has 4 rings (SSSR count). The molecule has 3 heterocycles. The summed E-state index contributed by atoms with van der Waals surface area (Å²) in [5.41, 5.74) is 0.990. The number of carbonyl (C=O) groups is 1. The lowest BCUT2D eigenvalue weighted by Crippen LogP contribution is -2.52. The molecule has 2 saturated heterocycles. The van der Waals surface area contributed by atoms with E-state index in [0.717, 1.165) is 49.4 Å². The molecular formula is C23H31N5O2. The summed E-state index contributed by atoms with van der Waals surface area (Å²) in [5.74, 6) is 2.55. The number of ether oxygens (including phenoxy) is 1. The van der Waals surface area contributed by atoms with E-state index in [4.69, 9.17) is 9.72 Å². The van der Waals surface area contributed by atoms with E-state index < -0.39 is 6.10 Å². The third kappa shape index (κ3) is 4.83. The molecule has 0 radical (unpaired) electrons. The number of rotatable bonds is 5. The lowest BCUT2D eigenvalue weighted by atomic mass is 10.1. The van der Waals surface area contributed by atoms with Crippen LogP contribution in [0.25, 0.3) is 0 Å². The lowest BCUT2D eigenvalue weighted by molar-refractivity contribution is -0.138. The van der Waals surface area contributed by atoms with E-state index in [0.29, 0.717) is 13.1 Å². The molecule has 0 saturated carbocycles. The first kappa shape index (κ1) is 20.4. The number of benzene rings is 1. The first-order valence-corrected chi connectivity index (χ1v) is 11.0. The summed E-state index contributed by atoms with van der Waals surface area (Å²) in [6, 6.07) is 11.6. The number of hydrogen-bond acceptors (Lipinski definition) is 6. The van der Waals surface area contributed by atoms with Crippen LogP contribution in [-0.4, -0.2) is 66.1 Å². The van der Waals surface area contributed by atoms with Crippen LogP contribution in [0, 0.1) is 6.92 Å². The summed E-state index contributed by atoms with van der Waals surface area (Å²) in [6.07, 6.45) is 3.25. The fraction of sp³-hybridized carbons (Fsp3) is 0.522. The maximum Gasteiger partial charge on any atom is 0.263 e. The summed E-state index contributed by atoms with van der Waals surface area (Å²) in [4.78, 5) is 28.8. The molecule has 7 nitrogen and oxygen atoms in total. The van der Waals surface area contributed by atoms with Crippen molar-refractivity contribution in [3.05, 3.63) is 42.1 Å². The minimum atomic E-state index is -0.500. The van der Waals surface area contributed by atoms with Crippen molar-refractivity contribution in [2.45, 2.75) is 39.2 Å². The van der Waals surface area contributed by atoms with Gasteiger partial charge in [0.15, 0.2) is 6.10 Å². The number of piperidine rings is 1. The van der Waals surface area contributed by atoms with Crippen LogP contribution in [0.1, 0.15) is 31.9 Å². The zero-order valence-corrected chi connectivity index (χ0v) is 18.0. The van der Waals surface area contributed by atoms with Crippen molar-refractivity contribution in [2.75, 3.05) is 49.1 Å². The summed E-state index contributed by atoms with van der Waals surface area (Å²) < 4.78 is 5.80. The first-order chi connectivity index (χ1) is 14.6. The summed E-state index contributed by atoms with van der Waals surface area (Å²) in [7, 11) is 0. The van der Waals surface area contributed by atoms with Crippen molar-refractivity contribution in [3.8, 4) is 5.75 Å². The average Bonchev–Trinajstić information content (AvgIpc) is 2.79. The molecule has 0 spiro atoms. The number of amides is 1. The van der Waals surface area contributed by atoms with Crippen LogP contribution >= 0.6 is 0 Å². The van der Waals surface area contributed by atoms with Gasteiger partial charge in [-0.25, -0.2) is 4.98 Å². The number of hydrogen-bond donors (Lipinski definition) is 0. The van der Waals surface area contributed by atoms with Crippen molar-refractivity contribution in [3.63, 3.8) is 0 Å². The van der Waals surface area contributed by atoms with E-state index in [2.05, 4.69) is 20.9 Å². The third-order valence-electron chi connectivity index (χ3n) is 5.79. The van der Waals surface area contributed by atoms with Crippen molar-refractivity contribution < 1.29 is 9.53 Å². The quantitative estimate of drug-likeness (QED) is 0.757. The van der Waals surface area contributed by atoms with Gasteiger partial charge in [0.1, 0.15) is 11.6 Å². The van der Waals surface area contributed by atoms with Crippen LogP contribution in [-0.2, 0) is 4.79 Å². The molecule has 1 amide bonds. The second-order valence-corrected chi connectivity index (χ2v) is 8.10. The number of para-hydroxylation sites is 1. The maximum absolute atomic E-state index is 12.8. The summed E-state index contributed by atoms with van der Waals surface area (Å²) >= 11 is 0. The maximum atomic E-state index is 12.8. The smallest absolute Gasteiger partial charge is 0.263 e. The van der Waals surface area contributed by atoms with Gasteiger partial charge in [-0.2, -0.15) is 4.98 Å². The highest BCUT2D eigenvalue weighted by atomic mass is 16.5. The van der Waals surface area contributed by atoms with Crippen LogP contribution in [0.3, 0.4) is 0 Å². The van der Waals surface area contributed by atoms with Crippen LogP contribution in [0.4, 0.5) is 11.8 Å². The minimum absolute atomic E-state index is 0.0256. The highest BCUT2D eigenvalue weighted by molar-refractivity contribution is 5.81. The predicted octanol–water partition coefficient (Wildman–Crippen LogP) is 2.89. The molecule has 1 aromatic heterocycles. The van der Waals surface area contributed by atoms with E-state index >= 15 is 0 Å². The third-order valence-corrected chi connectivity index (χ3v) is 5.79. The molecule has 0 N–H and O–H groups in total. The monoisotopic (exact) mass is 409 g/mol. The Bertz CT molecular complexity index is 846. The number of carbonyl (C=O) groups excluding carboxylic acids is 1. The van der Waals surface area contributed by atoms with Gasteiger partial charge in [0.25, 0.3) is 5.91 Å². The molecule has 2 fully saturated rings. The molecule has 2 aromatic rings. The molecule has 2 aliphatic rings. The van der Waals surface area contributed by atoms with Gasteiger partial charge in [0.05, 0.1) is 0 Å². The number of nitrogens with zero attached hydrogens (tertiary/aromatic N) is 5.